The number of likely N-dealkylation sites (tertiary alicyclic amines) is 1. The van der Waals surface area contributed by atoms with Crippen molar-refractivity contribution < 1.29 is 22.7 Å². The van der Waals surface area contributed by atoms with Crippen molar-refractivity contribution in [1.29, 1.82) is 0 Å². The van der Waals surface area contributed by atoms with Crippen molar-refractivity contribution in [3.8, 4) is 5.75 Å². The molecule has 1 aromatic carbocycles. The van der Waals surface area contributed by atoms with Gasteiger partial charge in [-0.1, -0.05) is 0 Å². The number of ether oxygens (including phenoxy) is 1. The fraction of sp³-hybridized carbons (Fsp3) is 0.500. The van der Waals surface area contributed by atoms with Gasteiger partial charge in [-0.3, -0.25) is 14.5 Å². The topological polar surface area (TPSA) is 84.0 Å². The minimum atomic E-state index is -3.57. The Hall–Kier alpha value is -1.93. The smallest absolute Gasteiger partial charge is 0.243 e. The van der Waals surface area contributed by atoms with Crippen LogP contribution in [0.3, 0.4) is 0 Å². The quantitative estimate of drug-likeness (QED) is 0.755. The van der Waals surface area contributed by atoms with Crippen molar-refractivity contribution in [2.24, 2.45) is 0 Å². The maximum Gasteiger partial charge on any atom is 0.243 e. The standard InChI is InChI=1S/C16H20N2O5S/c1-23-13-2-4-14(5-3-13)24(21,22)17-10-8-12(9-11-17)18-15(19)6-7-16(18)20/h2-5,12H,6-11H2,1H3. The number of methoxy groups -OCH3 is 1. The Balaban J connectivity index is 1.69. The fourth-order valence-corrected chi connectivity index (χ4v) is 4.71. The molecule has 0 saturated carbocycles. The van der Waals surface area contributed by atoms with E-state index in [1.54, 1.807) is 12.1 Å². The second kappa shape index (κ2) is 6.52. The van der Waals surface area contributed by atoms with Crippen LogP contribution in [0, 0.1) is 0 Å². The molecule has 0 aliphatic carbocycles. The minimum absolute atomic E-state index is 0.142. The molecule has 2 fully saturated rings. The highest BCUT2D eigenvalue weighted by molar-refractivity contribution is 7.89. The van der Waals surface area contributed by atoms with Crippen LogP contribution in [0.1, 0.15) is 25.7 Å². The zero-order valence-corrected chi connectivity index (χ0v) is 14.3. The SMILES string of the molecule is COc1ccc(S(=O)(=O)N2CCC(N3C(=O)CCC3=O)CC2)cc1. The molecular formula is C16H20N2O5S. The van der Waals surface area contributed by atoms with Crippen LogP contribution in [0.2, 0.25) is 0 Å². The minimum Gasteiger partial charge on any atom is -0.497 e. The molecule has 2 saturated heterocycles. The van der Waals surface area contributed by atoms with E-state index in [1.165, 1.54) is 28.4 Å². The summed E-state index contributed by atoms with van der Waals surface area (Å²) in [5.74, 6) is 0.312. The van der Waals surface area contributed by atoms with E-state index in [9.17, 15) is 18.0 Å². The van der Waals surface area contributed by atoms with E-state index in [0.717, 1.165) is 0 Å². The van der Waals surface area contributed by atoms with Crippen LogP contribution in [0.5, 0.6) is 5.75 Å². The first-order valence-corrected chi connectivity index (χ1v) is 9.36. The molecule has 2 heterocycles. The average Bonchev–Trinajstić information content (AvgIpc) is 2.93. The Kier molecular flexibility index (Phi) is 4.60. The molecule has 2 aliphatic rings. The highest BCUT2D eigenvalue weighted by Gasteiger charge is 2.38. The summed E-state index contributed by atoms with van der Waals surface area (Å²) in [5, 5.41) is 0. The molecule has 1 aromatic rings. The van der Waals surface area contributed by atoms with E-state index >= 15 is 0 Å². The molecular weight excluding hydrogens is 332 g/mol. The summed E-state index contributed by atoms with van der Waals surface area (Å²) >= 11 is 0. The van der Waals surface area contributed by atoms with Gasteiger partial charge in [0.25, 0.3) is 0 Å². The van der Waals surface area contributed by atoms with Crippen LogP contribution in [0.15, 0.2) is 29.2 Å². The predicted molar refractivity (Wildman–Crippen MR) is 85.9 cm³/mol. The zero-order valence-electron chi connectivity index (χ0n) is 13.5. The number of rotatable bonds is 4. The first kappa shape index (κ1) is 16.9. The first-order chi connectivity index (χ1) is 11.4. The maximum atomic E-state index is 12.7. The Labute approximate surface area is 141 Å². The lowest BCUT2D eigenvalue weighted by Crippen LogP contribution is -2.48. The normalized spacial score (nSPS) is 20.6. The molecule has 7 nitrogen and oxygen atoms in total. The summed E-state index contributed by atoms with van der Waals surface area (Å²) in [5.41, 5.74) is 0. The van der Waals surface area contributed by atoms with Crippen LogP contribution >= 0.6 is 0 Å². The Morgan fingerprint density at radius 3 is 2.04 bits per heavy atom. The summed E-state index contributed by atoms with van der Waals surface area (Å²) in [6.07, 6.45) is 1.49. The van der Waals surface area contributed by atoms with Crippen molar-refractivity contribution >= 4 is 21.8 Å². The number of carbonyl (C=O) groups excluding carboxylic acids is 2. The van der Waals surface area contributed by atoms with Crippen molar-refractivity contribution in [3.63, 3.8) is 0 Å². The molecule has 130 valence electrons. The van der Waals surface area contributed by atoms with Crippen LogP contribution < -0.4 is 4.74 Å². The van der Waals surface area contributed by atoms with Gasteiger partial charge in [-0.2, -0.15) is 4.31 Å². The van der Waals surface area contributed by atoms with Gasteiger partial charge in [0.2, 0.25) is 21.8 Å². The van der Waals surface area contributed by atoms with Crippen LogP contribution in [0.25, 0.3) is 0 Å². The second-order valence-corrected chi connectivity index (χ2v) is 7.91. The van der Waals surface area contributed by atoms with Gasteiger partial charge in [0, 0.05) is 32.0 Å². The maximum absolute atomic E-state index is 12.7. The van der Waals surface area contributed by atoms with Crippen molar-refractivity contribution in [2.45, 2.75) is 36.6 Å². The van der Waals surface area contributed by atoms with E-state index in [-0.39, 0.29) is 35.6 Å². The molecule has 24 heavy (non-hydrogen) atoms. The van der Waals surface area contributed by atoms with Crippen LogP contribution in [-0.2, 0) is 19.6 Å². The molecule has 2 amide bonds. The Morgan fingerprint density at radius 2 is 1.54 bits per heavy atom. The molecule has 0 spiro atoms. The third kappa shape index (κ3) is 3.03. The number of nitrogens with zero attached hydrogens (tertiary/aromatic N) is 2. The first-order valence-electron chi connectivity index (χ1n) is 7.92. The number of hydrogen-bond acceptors (Lipinski definition) is 5. The lowest BCUT2D eigenvalue weighted by molar-refractivity contribution is -0.141. The molecule has 8 heteroatoms. The van der Waals surface area contributed by atoms with Crippen LogP contribution in [-0.4, -0.2) is 55.7 Å². The molecule has 3 rings (SSSR count). The highest BCUT2D eigenvalue weighted by atomic mass is 32.2. The van der Waals surface area contributed by atoms with E-state index in [2.05, 4.69) is 0 Å². The number of carbonyl (C=O) groups is 2. The van der Waals surface area contributed by atoms with E-state index in [4.69, 9.17) is 4.74 Å². The molecule has 0 radical (unpaired) electrons. The molecule has 0 bridgehead atoms. The number of piperidine rings is 1. The zero-order chi connectivity index (χ0) is 17.3. The highest BCUT2D eigenvalue weighted by Crippen LogP contribution is 2.27. The average molecular weight is 352 g/mol. The molecule has 2 aliphatic heterocycles. The van der Waals surface area contributed by atoms with Gasteiger partial charge >= 0.3 is 0 Å². The number of hydrogen-bond donors (Lipinski definition) is 0. The molecule has 0 atom stereocenters. The van der Waals surface area contributed by atoms with Gasteiger partial charge in [0.15, 0.2) is 0 Å². The fourth-order valence-electron chi connectivity index (χ4n) is 3.24. The summed E-state index contributed by atoms with van der Waals surface area (Å²) in [7, 11) is -2.05. The largest absolute Gasteiger partial charge is 0.497 e. The number of benzene rings is 1. The van der Waals surface area contributed by atoms with Gasteiger partial charge in [0.1, 0.15) is 5.75 Å². The second-order valence-electron chi connectivity index (χ2n) is 5.97. The van der Waals surface area contributed by atoms with E-state index in [0.29, 0.717) is 31.7 Å². The lowest BCUT2D eigenvalue weighted by Gasteiger charge is -2.35. The van der Waals surface area contributed by atoms with Crippen LogP contribution in [0.4, 0.5) is 0 Å². The Morgan fingerprint density at radius 1 is 1.00 bits per heavy atom. The van der Waals surface area contributed by atoms with Gasteiger partial charge in [-0.05, 0) is 37.1 Å². The van der Waals surface area contributed by atoms with Gasteiger partial charge in [-0.25, -0.2) is 8.42 Å². The summed E-state index contributed by atoms with van der Waals surface area (Å²) < 4.78 is 31.8. The third-order valence-corrected chi connectivity index (χ3v) is 6.49. The molecule has 0 aromatic heterocycles. The van der Waals surface area contributed by atoms with Crippen molar-refractivity contribution in [2.75, 3.05) is 20.2 Å². The number of amides is 2. The lowest BCUT2D eigenvalue weighted by atomic mass is 10.1. The van der Waals surface area contributed by atoms with E-state index in [1.807, 2.05) is 0 Å². The van der Waals surface area contributed by atoms with Gasteiger partial charge in [-0.15, -0.1) is 0 Å². The summed E-state index contributed by atoms with van der Waals surface area (Å²) in [6.45, 7) is 0.603. The van der Waals surface area contributed by atoms with E-state index < -0.39 is 10.0 Å². The monoisotopic (exact) mass is 352 g/mol. The third-order valence-electron chi connectivity index (χ3n) is 4.58. The van der Waals surface area contributed by atoms with Crippen molar-refractivity contribution in [3.05, 3.63) is 24.3 Å². The number of sulfonamides is 1. The predicted octanol–water partition coefficient (Wildman–Crippen LogP) is 0.997. The summed E-state index contributed by atoms with van der Waals surface area (Å²) in [6, 6.07) is 6.08. The van der Waals surface area contributed by atoms with Gasteiger partial charge in [0.05, 0.1) is 12.0 Å². The number of imide groups is 1. The van der Waals surface area contributed by atoms with Gasteiger partial charge < -0.3 is 4.74 Å². The molecule has 0 N–H and O–H groups in total. The summed E-state index contributed by atoms with van der Waals surface area (Å²) in [4.78, 5) is 25.2. The molecule has 0 unspecified atom stereocenters. The van der Waals surface area contributed by atoms with Crippen molar-refractivity contribution in [1.82, 2.24) is 9.21 Å². The Bertz CT molecular complexity index is 720.